The predicted molar refractivity (Wildman–Crippen MR) is 75.1 cm³/mol. The molecule has 19 heavy (non-hydrogen) atoms. The zero-order chi connectivity index (χ0) is 13.7. The molecule has 0 aliphatic carbocycles. The topological polar surface area (TPSA) is 76.4 Å². The second kappa shape index (κ2) is 6.54. The number of amides is 1. The molecule has 0 bridgehead atoms. The number of rotatable bonds is 6. The van der Waals surface area contributed by atoms with Crippen molar-refractivity contribution in [1.82, 2.24) is 5.32 Å². The molecule has 1 unspecified atom stereocenters. The van der Waals surface area contributed by atoms with E-state index in [1.807, 2.05) is 18.2 Å². The van der Waals surface area contributed by atoms with E-state index in [2.05, 4.69) is 17.6 Å². The van der Waals surface area contributed by atoms with Gasteiger partial charge in [0.25, 0.3) is 5.91 Å². The number of fused-ring (bicyclic) bond motifs is 1. The maximum Gasteiger partial charge on any atom is 0.262 e. The second-order valence-electron chi connectivity index (χ2n) is 4.98. The molecule has 0 radical (unpaired) electrons. The number of nitrogens with two attached hydrogens (primary N) is 1. The van der Waals surface area contributed by atoms with Crippen molar-refractivity contribution < 1.29 is 9.53 Å². The molecule has 1 aromatic carbocycles. The van der Waals surface area contributed by atoms with Crippen molar-refractivity contribution >= 4 is 11.6 Å². The van der Waals surface area contributed by atoms with E-state index in [0.29, 0.717) is 5.92 Å². The Hall–Kier alpha value is -1.59. The van der Waals surface area contributed by atoms with Gasteiger partial charge < -0.3 is 21.1 Å². The molecule has 4 N–H and O–H groups in total. The Bertz CT molecular complexity index is 448. The highest BCUT2D eigenvalue weighted by Gasteiger charge is 2.15. The minimum atomic E-state index is -0.103. The lowest BCUT2D eigenvalue weighted by atomic mass is 10.1. The summed E-state index contributed by atoms with van der Waals surface area (Å²) >= 11 is 0. The lowest BCUT2D eigenvalue weighted by Crippen LogP contribution is -2.26. The van der Waals surface area contributed by atoms with Crippen molar-refractivity contribution in [2.24, 2.45) is 11.7 Å². The number of benzene rings is 1. The summed E-state index contributed by atoms with van der Waals surface area (Å²) in [6.45, 7) is 4.72. The summed E-state index contributed by atoms with van der Waals surface area (Å²) in [6.07, 6.45) is 1.03. The average molecular weight is 263 g/mol. The van der Waals surface area contributed by atoms with Crippen molar-refractivity contribution in [3.8, 4) is 5.75 Å². The molecule has 5 nitrogen and oxygen atoms in total. The summed E-state index contributed by atoms with van der Waals surface area (Å²) in [5.41, 5.74) is 7.40. The first-order chi connectivity index (χ1) is 9.19. The minimum Gasteiger partial charge on any atom is -0.482 e. The van der Waals surface area contributed by atoms with E-state index in [1.165, 1.54) is 0 Å². The van der Waals surface area contributed by atoms with Gasteiger partial charge in [0.1, 0.15) is 5.75 Å². The van der Waals surface area contributed by atoms with Crippen LogP contribution in [0.1, 0.15) is 18.9 Å². The molecule has 104 valence electrons. The summed E-state index contributed by atoms with van der Waals surface area (Å²) in [6, 6.07) is 5.86. The lowest BCUT2D eigenvalue weighted by Gasteiger charge is -2.19. The average Bonchev–Trinajstić information content (AvgIpc) is 2.38. The summed E-state index contributed by atoms with van der Waals surface area (Å²) in [5.74, 6) is 1.21. The van der Waals surface area contributed by atoms with Gasteiger partial charge in [-0.25, -0.2) is 0 Å². The highest BCUT2D eigenvalue weighted by molar-refractivity contribution is 5.95. The van der Waals surface area contributed by atoms with Crippen LogP contribution < -0.4 is 21.1 Å². The maximum atomic E-state index is 11.2. The van der Waals surface area contributed by atoms with Crippen molar-refractivity contribution in [2.75, 3.05) is 25.0 Å². The summed E-state index contributed by atoms with van der Waals surface area (Å²) in [5, 5.41) is 6.21. The van der Waals surface area contributed by atoms with Gasteiger partial charge in [-0.05, 0) is 43.1 Å². The van der Waals surface area contributed by atoms with Crippen LogP contribution in [0.25, 0.3) is 0 Å². The van der Waals surface area contributed by atoms with Gasteiger partial charge in [0.2, 0.25) is 0 Å². The van der Waals surface area contributed by atoms with Crippen LogP contribution in [0.3, 0.4) is 0 Å². The normalized spacial score (nSPS) is 15.4. The zero-order valence-electron chi connectivity index (χ0n) is 11.2. The van der Waals surface area contributed by atoms with Gasteiger partial charge in [-0.2, -0.15) is 0 Å². The van der Waals surface area contributed by atoms with Crippen molar-refractivity contribution in [1.29, 1.82) is 0 Å². The van der Waals surface area contributed by atoms with Crippen LogP contribution in [0.2, 0.25) is 0 Å². The largest absolute Gasteiger partial charge is 0.482 e. The number of carbonyl (C=O) groups excluding carboxylic acids is 1. The highest BCUT2D eigenvalue weighted by atomic mass is 16.5. The van der Waals surface area contributed by atoms with E-state index in [-0.39, 0.29) is 12.5 Å². The molecule has 0 aromatic heterocycles. The summed E-state index contributed by atoms with van der Waals surface area (Å²) < 4.78 is 5.32. The van der Waals surface area contributed by atoms with Gasteiger partial charge in [-0.3, -0.25) is 4.79 Å². The van der Waals surface area contributed by atoms with Crippen molar-refractivity contribution in [3.05, 3.63) is 23.8 Å². The van der Waals surface area contributed by atoms with Crippen LogP contribution in [0.5, 0.6) is 5.75 Å². The molecular formula is C14H21N3O2. The predicted octanol–water partition coefficient (Wildman–Crippen LogP) is 1.09. The Morgan fingerprint density at radius 1 is 1.53 bits per heavy atom. The Morgan fingerprint density at radius 2 is 2.37 bits per heavy atom. The van der Waals surface area contributed by atoms with Gasteiger partial charge >= 0.3 is 0 Å². The molecule has 1 heterocycles. The Balaban J connectivity index is 1.88. The molecule has 1 atom stereocenters. The molecule has 2 rings (SSSR count). The number of ether oxygens (including phenoxy) is 1. The molecule has 0 saturated heterocycles. The first kappa shape index (κ1) is 13.8. The van der Waals surface area contributed by atoms with Crippen LogP contribution in [0.15, 0.2) is 18.2 Å². The van der Waals surface area contributed by atoms with Gasteiger partial charge in [0, 0.05) is 6.54 Å². The van der Waals surface area contributed by atoms with Crippen molar-refractivity contribution in [3.63, 3.8) is 0 Å². The van der Waals surface area contributed by atoms with Gasteiger partial charge in [-0.15, -0.1) is 0 Å². The fourth-order valence-corrected chi connectivity index (χ4v) is 2.09. The SMILES string of the molecule is CC(CCN)CNCc1ccc2c(c1)NC(=O)CO2. The monoisotopic (exact) mass is 263 g/mol. The minimum absolute atomic E-state index is 0.0984. The number of anilines is 1. The number of nitrogens with one attached hydrogen (secondary N) is 2. The fraction of sp³-hybridized carbons (Fsp3) is 0.500. The van der Waals surface area contributed by atoms with Crippen LogP contribution in [0, 0.1) is 5.92 Å². The van der Waals surface area contributed by atoms with E-state index in [1.54, 1.807) is 0 Å². The van der Waals surface area contributed by atoms with Crippen LogP contribution in [-0.4, -0.2) is 25.6 Å². The summed E-state index contributed by atoms with van der Waals surface area (Å²) in [4.78, 5) is 11.2. The quantitative estimate of drug-likeness (QED) is 0.718. The Kier molecular flexibility index (Phi) is 4.76. The lowest BCUT2D eigenvalue weighted by molar-refractivity contribution is -0.118. The van der Waals surface area contributed by atoms with Gasteiger partial charge in [0.05, 0.1) is 5.69 Å². The zero-order valence-corrected chi connectivity index (χ0v) is 11.2. The van der Waals surface area contributed by atoms with Gasteiger partial charge in [0.15, 0.2) is 6.61 Å². The molecule has 1 aliphatic rings. The molecule has 1 aliphatic heterocycles. The smallest absolute Gasteiger partial charge is 0.262 e. The van der Waals surface area contributed by atoms with Crippen molar-refractivity contribution in [2.45, 2.75) is 19.9 Å². The molecule has 0 fully saturated rings. The maximum absolute atomic E-state index is 11.2. The number of hydrogen-bond donors (Lipinski definition) is 3. The summed E-state index contributed by atoms with van der Waals surface area (Å²) in [7, 11) is 0. The third kappa shape index (κ3) is 3.94. The third-order valence-electron chi connectivity index (χ3n) is 3.16. The van der Waals surface area contributed by atoms with E-state index in [4.69, 9.17) is 10.5 Å². The molecule has 1 amide bonds. The first-order valence-electron chi connectivity index (χ1n) is 6.65. The van der Waals surface area contributed by atoms with Crippen LogP contribution in [-0.2, 0) is 11.3 Å². The third-order valence-corrected chi connectivity index (χ3v) is 3.16. The first-order valence-corrected chi connectivity index (χ1v) is 6.65. The van der Waals surface area contributed by atoms with E-state index < -0.39 is 0 Å². The molecule has 5 heteroatoms. The van der Waals surface area contributed by atoms with Gasteiger partial charge in [-0.1, -0.05) is 13.0 Å². The molecule has 0 saturated carbocycles. The fourth-order valence-electron chi connectivity index (χ4n) is 2.09. The van der Waals surface area contributed by atoms with E-state index in [0.717, 1.165) is 43.1 Å². The van der Waals surface area contributed by atoms with Crippen LogP contribution in [0.4, 0.5) is 5.69 Å². The molecule has 0 spiro atoms. The Morgan fingerprint density at radius 3 is 3.16 bits per heavy atom. The Labute approximate surface area is 113 Å². The van der Waals surface area contributed by atoms with Crippen LogP contribution >= 0.6 is 0 Å². The second-order valence-corrected chi connectivity index (χ2v) is 4.98. The molecular weight excluding hydrogens is 242 g/mol. The molecule has 1 aromatic rings. The standard InChI is InChI=1S/C14H21N3O2/c1-10(4-5-15)7-16-8-11-2-3-13-12(6-11)17-14(18)9-19-13/h2-3,6,10,16H,4-5,7-9,15H2,1H3,(H,17,18). The number of carbonyl (C=O) groups is 1. The van der Waals surface area contributed by atoms with E-state index in [9.17, 15) is 4.79 Å². The van der Waals surface area contributed by atoms with E-state index >= 15 is 0 Å². The highest BCUT2D eigenvalue weighted by Crippen LogP contribution is 2.28. The number of hydrogen-bond acceptors (Lipinski definition) is 4.